The molecule has 16 heavy (non-hydrogen) atoms. The van der Waals surface area contributed by atoms with Crippen LogP contribution in [0.15, 0.2) is 18.2 Å². The van der Waals surface area contributed by atoms with Gasteiger partial charge in [-0.3, -0.25) is 0 Å². The Morgan fingerprint density at radius 2 is 2.06 bits per heavy atom. The van der Waals surface area contributed by atoms with Gasteiger partial charge in [0.1, 0.15) is 0 Å². The number of aliphatic hydroxyl groups is 1. The van der Waals surface area contributed by atoms with Crippen LogP contribution in [0, 0.1) is 0 Å². The molecule has 1 unspecified atom stereocenters. The van der Waals surface area contributed by atoms with Crippen LogP contribution in [0.1, 0.15) is 25.5 Å². The van der Waals surface area contributed by atoms with Crippen molar-refractivity contribution in [2.75, 3.05) is 20.5 Å². The third-order valence-corrected chi connectivity index (χ3v) is 2.17. The molecular formula is C12H18O4. The molecule has 1 aromatic rings. The van der Waals surface area contributed by atoms with Crippen LogP contribution in [0.5, 0.6) is 11.5 Å². The number of ether oxygens (including phenoxy) is 3. The van der Waals surface area contributed by atoms with Crippen LogP contribution < -0.4 is 9.47 Å². The van der Waals surface area contributed by atoms with E-state index in [1.165, 1.54) is 0 Å². The predicted octanol–water partition coefficient (Wildman–Crippen LogP) is 2.12. The van der Waals surface area contributed by atoms with Gasteiger partial charge in [0.25, 0.3) is 0 Å². The summed E-state index contributed by atoms with van der Waals surface area (Å²) in [7, 11) is 1.56. The zero-order valence-electron chi connectivity index (χ0n) is 9.90. The summed E-state index contributed by atoms with van der Waals surface area (Å²) in [5.74, 6) is 1.21. The molecule has 0 saturated carbocycles. The predicted molar refractivity (Wildman–Crippen MR) is 60.7 cm³/mol. The molecule has 1 N–H and O–H groups in total. The molecule has 0 aliphatic carbocycles. The van der Waals surface area contributed by atoms with Gasteiger partial charge in [-0.1, -0.05) is 6.07 Å². The van der Waals surface area contributed by atoms with Crippen LogP contribution in [0.2, 0.25) is 0 Å². The summed E-state index contributed by atoms with van der Waals surface area (Å²) in [6.45, 7) is 4.40. The lowest BCUT2D eigenvalue weighted by Gasteiger charge is -2.12. The molecule has 1 atom stereocenters. The quantitative estimate of drug-likeness (QED) is 0.596. The van der Waals surface area contributed by atoms with Crippen LogP contribution in [-0.4, -0.2) is 25.6 Å². The second kappa shape index (κ2) is 6.35. The molecule has 0 aliphatic heterocycles. The van der Waals surface area contributed by atoms with Gasteiger partial charge >= 0.3 is 0 Å². The first-order valence-electron chi connectivity index (χ1n) is 5.25. The second-order valence-corrected chi connectivity index (χ2v) is 3.34. The molecule has 0 aromatic heterocycles. The van der Waals surface area contributed by atoms with E-state index in [9.17, 15) is 5.11 Å². The molecule has 0 amide bonds. The van der Waals surface area contributed by atoms with E-state index in [1.807, 2.05) is 6.92 Å². The Morgan fingerprint density at radius 3 is 2.62 bits per heavy atom. The molecule has 1 aromatic carbocycles. The Morgan fingerprint density at radius 1 is 1.31 bits per heavy atom. The fourth-order valence-electron chi connectivity index (χ4n) is 1.25. The van der Waals surface area contributed by atoms with Crippen LogP contribution >= 0.6 is 0 Å². The molecular weight excluding hydrogens is 208 g/mol. The molecule has 1 rings (SSSR count). The third kappa shape index (κ3) is 3.40. The number of hydrogen-bond donors (Lipinski definition) is 1. The largest absolute Gasteiger partial charge is 0.493 e. The van der Waals surface area contributed by atoms with Crippen molar-refractivity contribution < 1.29 is 19.3 Å². The maximum Gasteiger partial charge on any atom is 0.189 e. The van der Waals surface area contributed by atoms with E-state index in [2.05, 4.69) is 0 Å². The van der Waals surface area contributed by atoms with Crippen molar-refractivity contribution in [3.8, 4) is 11.5 Å². The summed E-state index contributed by atoms with van der Waals surface area (Å²) < 4.78 is 15.6. The molecule has 4 heteroatoms. The third-order valence-electron chi connectivity index (χ3n) is 2.17. The standard InChI is InChI=1S/C12H18O4/c1-4-15-8-16-11-6-5-10(9(2)13)7-12(11)14-3/h5-7,9,13H,4,8H2,1-3H3. The van der Waals surface area contributed by atoms with Crippen LogP contribution in [0.3, 0.4) is 0 Å². The van der Waals surface area contributed by atoms with Gasteiger partial charge in [-0.05, 0) is 31.5 Å². The highest BCUT2D eigenvalue weighted by molar-refractivity contribution is 5.43. The molecule has 0 saturated heterocycles. The molecule has 4 nitrogen and oxygen atoms in total. The molecule has 0 heterocycles. The molecule has 0 spiro atoms. The van der Waals surface area contributed by atoms with Gasteiger partial charge in [-0.25, -0.2) is 0 Å². The number of aliphatic hydroxyl groups excluding tert-OH is 1. The number of benzene rings is 1. The van der Waals surface area contributed by atoms with Crippen molar-refractivity contribution in [2.45, 2.75) is 20.0 Å². The topological polar surface area (TPSA) is 47.9 Å². The lowest BCUT2D eigenvalue weighted by Crippen LogP contribution is -2.04. The van der Waals surface area contributed by atoms with Crippen molar-refractivity contribution in [1.29, 1.82) is 0 Å². The van der Waals surface area contributed by atoms with Gasteiger partial charge in [-0.2, -0.15) is 0 Å². The van der Waals surface area contributed by atoms with E-state index < -0.39 is 6.10 Å². The van der Waals surface area contributed by atoms with Crippen molar-refractivity contribution in [3.63, 3.8) is 0 Å². The Kier molecular flexibility index (Phi) is 5.08. The Hall–Kier alpha value is -1.26. The Balaban J connectivity index is 2.76. The van der Waals surface area contributed by atoms with E-state index in [-0.39, 0.29) is 6.79 Å². The van der Waals surface area contributed by atoms with E-state index in [0.29, 0.717) is 18.1 Å². The van der Waals surface area contributed by atoms with Crippen molar-refractivity contribution in [1.82, 2.24) is 0 Å². The maximum absolute atomic E-state index is 9.43. The molecule has 0 fully saturated rings. The average Bonchev–Trinajstić information content (AvgIpc) is 2.29. The second-order valence-electron chi connectivity index (χ2n) is 3.34. The molecule has 90 valence electrons. The monoisotopic (exact) mass is 226 g/mol. The zero-order valence-corrected chi connectivity index (χ0v) is 9.90. The molecule has 0 radical (unpaired) electrons. The minimum Gasteiger partial charge on any atom is -0.493 e. The summed E-state index contributed by atoms with van der Waals surface area (Å²) in [6, 6.07) is 5.32. The number of rotatable bonds is 6. The Labute approximate surface area is 95.8 Å². The van der Waals surface area contributed by atoms with E-state index in [4.69, 9.17) is 14.2 Å². The first kappa shape index (κ1) is 12.8. The fourth-order valence-corrected chi connectivity index (χ4v) is 1.25. The summed E-state index contributed by atoms with van der Waals surface area (Å²) in [5, 5.41) is 9.43. The maximum atomic E-state index is 9.43. The highest BCUT2D eigenvalue weighted by Crippen LogP contribution is 2.30. The molecule has 0 bridgehead atoms. The van der Waals surface area contributed by atoms with Crippen molar-refractivity contribution >= 4 is 0 Å². The number of hydrogen-bond acceptors (Lipinski definition) is 4. The zero-order chi connectivity index (χ0) is 12.0. The lowest BCUT2D eigenvalue weighted by atomic mass is 10.1. The van der Waals surface area contributed by atoms with Gasteiger partial charge in [-0.15, -0.1) is 0 Å². The molecule has 0 aliphatic rings. The van der Waals surface area contributed by atoms with Gasteiger partial charge in [0.15, 0.2) is 18.3 Å². The SMILES string of the molecule is CCOCOc1ccc(C(C)O)cc1OC. The summed E-state index contributed by atoms with van der Waals surface area (Å²) >= 11 is 0. The summed E-state index contributed by atoms with van der Waals surface area (Å²) in [6.07, 6.45) is -0.519. The van der Waals surface area contributed by atoms with Gasteiger partial charge < -0.3 is 19.3 Å². The summed E-state index contributed by atoms with van der Waals surface area (Å²) in [5.41, 5.74) is 0.792. The van der Waals surface area contributed by atoms with E-state index in [0.717, 1.165) is 5.56 Å². The minimum absolute atomic E-state index is 0.195. The van der Waals surface area contributed by atoms with Gasteiger partial charge in [0.2, 0.25) is 0 Å². The first-order chi connectivity index (χ1) is 7.69. The lowest BCUT2D eigenvalue weighted by molar-refractivity contribution is 0.0208. The first-order valence-corrected chi connectivity index (χ1v) is 5.25. The fraction of sp³-hybridized carbons (Fsp3) is 0.500. The highest BCUT2D eigenvalue weighted by atomic mass is 16.7. The van der Waals surface area contributed by atoms with Crippen molar-refractivity contribution in [3.05, 3.63) is 23.8 Å². The van der Waals surface area contributed by atoms with E-state index in [1.54, 1.807) is 32.2 Å². The van der Waals surface area contributed by atoms with Gasteiger partial charge in [0.05, 0.1) is 13.2 Å². The van der Waals surface area contributed by atoms with Crippen LogP contribution in [0.25, 0.3) is 0 Å². The Bertz CT molecular complexity index is 323. The van der Waals surface area contributed by atoms with Crippen molar-refractivity contribution in [2.24, 2.45) is 0 Å². The average molecular weight is 226 g/mol. The van der Waals surface area contributed by atoms with Gasteiger partial charge in [0, 0.05) is 6.61 Å². The smallest absolute Gasteiger partial charge is 0.189 e. The van der Waals surface area contributed by atoms with Crippen LogP contribution in [-0.2, 0) is 4.74 Å². The van der Waals surface area contributed by atoms with E-state index >= 15 is 0 Å². The summed E-state index contributed by atoms with van der Waals surface area (Å²) in [4.78, 5) is 0. The highest BCUT2D eigenvalue weighted by Gasteiger charge is 2.08. The normalized spacial score (nSPS) is 12.2. The van der Waals surface area contributed by atoms with Crippen LogP contribution in [0.4, 0.5) is 0 Å². The number of methoxy groups -OCH3 is 1. The minimum atomic E-state index is -0.519.